The molecule has 0 fully saturated rings. The van der Waals surface area contributed by atoms with Crippen LogP contribution in [0, 0.1) is 6.92 Å². The molecule has 1 aromatic carbocycles. The minimum absolute atomic E-state index is 0.100. The Bertz CT molecular complexity index is 987. The van der Waals surface area contributed by atoms with Crippen LogP contribution in [0.2, 0.25) is 0 Å². The molecule has 0 aliphatic heterocycles. The van der Waals surface area contributed by atoms with Gasteiger partial charge in [0.25, 0.3) is 0 Å². The molecule has 3 rings (SSSR count). The first-order chi connectivity index (χ1) is 12.5. The van der Waals surface area contributed by atoms with Gasteiger partial charge >= 0.3 is 0 Å². The van der Waals surface area contributed by atoms with Crippen LogP contribution in [0.5, 0.6) is 5.75 Å². The summed E-state index contributed by atoms with van der Waals surface area (Å²) in [5, 5.41) is 7.89. The van der Waals surface area contributed by atoms with Gasteiger partial charge in [-0.3, -0.25) is 4.98 Å². The third-order valence-electron chi connectivity index (χ3n) is 3.63. The van der Waals surface area contributed by atoms with Gasteiger partial charge in [-0.2, -0.15) is 0 Å². The molecule has 0 aliphatic carbocycles. The number of hydrogen-bond acceptors (Lipinski definition) is 7. The van der Waals surface area contributed by atoms with Crippen molar-refractivity contribution in [3.8, 4) is 17.2 Å². The summed E-state index contributed by atoms with van der Waals surface area (Å²) in [5.41, 5.74) is 1.58. The number of aryl methyl sites for hydroxylation is 1. The molecule has 0 saturated heterocycles. The number of nitrogens with zero attached hydrogens (tertiary/aromatic N) is 3. The molecule has 0 amide bonds. The highest BCUT2D eigenvalue weighted by Crippen LogP contribution is 2.24. The van der Waals surface area contributed by atoms with Crippen molar-refractivity contribution >= 4 is 10.0 Å². The summed E-state index contributed by atoms with van der Waals surface area (Å²) < 4.78 is 38.2. The van der Waals surface area contributed by atoms with Crippen molar-refractivity contribution in [2.45, 2.75) is 18.2 Å². The van der Waals surface area contributed by atoms with Gasteiger partial charge in [-0.05, 0) is 36.8 Å². The molecule has 3 aromatic rings. The van der Waals surface area contributed by atoms with Crippen molar-refractivity contribution in [3.05, 3.63) is 54.2 Å². The van der Waals surface area contributed by atoms with Crippen molar-refractivity contribution in [1.29, 1.82) is 0 Å². The SMILES string of the molecule is COc1ccc(C)cc1S(=O)(=O)NCCc1nnc(-c2ccncc2)o1. The Kier molecular flexibility index (Phi) is 5.29. The van der Waals surface area contributed by atoms with Gasteiger partial charge in [0.05, 0.1) is 7.11 Å². The van der Waals surface area contributed by atoms with Gasteiger partial charge in [-0.15, -0.1) is 10.2 Å². The molecule has 2 heterocycles. The van der Waals surface area contributed by atoms with Crippen LogP contribution in [-0.4, -0.2) is 37.3 Å². The number of ether oxygens (including phenoxy) is 1. The van der Waals surface area contributed by atoms with Crippen LogP contribution in [0.15, 0.2) is 52.0 Å². The standard InChI is InChI=1S/C17H18N4O4S/c1-12-3-4-14(24-2)15(11-12)26(22,23)19-10-7-16-20-21-17(25-16)13-5-8-18-9-6-13/h3-6,8-9,11,19H,7,10H2,1-2H3. The zero-order valence-corrected chi connectivity index (χ0v) is 15.2. The molecule has 0 aliphatic rings. The summed E-state index contributed by atoms with van der Waals surface area (Å²) >= 11 is 0. The van der Waals surface area contributed by atoms with E-state index in [1.54, 1.807) is 42.7 Å². The van der Waals surface area contributed by atoms with Gasteiger partial charge in [0.2, 0.25) is 21.8 Å². The zero-order chi connectivity index (χ0) is 18.6. The monoisotopic (exact) mass is 374 g/mol. The molecule has 0 spiro atoms. The quantitative estimate of drug-likeness (QED) is 0.673. The molecule has 0 bridgehead atoms. The van der Waals surface area contributed by atoms with Crippen LogP contribution < -0.4 is 9.46 Å². The molecule has 1 N–H and O–H groups in total. The van der Waals surface area contributed by atoms with E-state index >= 15 is 0 Å². The second-order valence-electron chi connectivity index (χ2n) is 5.54. The number of hydrogen-bond donors (Lipinski definition) is 1. The summed E-state index contributed by atoms with van der Waals surface area (Å²) in [5.74, 6) is 1.00. The molecule has 2 aromatic heterocycles. The lowest BCUT2D eigenvalue weighted by molar-refractivity contribution is 0.402. The summed E-state index contributed by atoms with van der Waals surface area (Å²) in [4.78, 5) is 4.03. The topological polar surface area (TPSA) is 107 Å². The minimum Gasteiger partial charge on any atom is -0.495 e. The maximum Gasteiger partial charge on any atom is 0.247 e. The molecule has 0 atom stereocenters. The van der Waals surface area contributed by atoms with Crippen molar-refractivity contribution in [3.63, 3.8) is 0 Å². The average molecular weight is 374 g/mol. The lowest BCUT2D eigenvalue weighted by Crippen LogP contribution is -2.26. The van der Waals surface area contributed by atoms with Gasteiger partial charge < -0.3 is 9.15 Å². The normalized spacial score (nSPS) is 11.5. The largest absolute Gasteiger partial charge is 0.495 e. The van der Waals surface area contributed by atoms with E-state index in [1.807, 2.05) is 6.92 Å². The first kappa shape index (κ1) is 18.0. The summed E-state index contributed by atoms with van der Waals surface area (Å²) in [6.07, 6.45) is 3.52. The van der Waals surface area contributed by atoms with Crippen molar-refractivity contribution < 1.29 is 17.6 Å². The maximum atomic E-state index is 12.5. The predicted molar refractivity (Wildman–Crippen MR) is 94.2 cm³/mol. The fourth-order valence-electron chi connectivity index (χ4n) is 2.33. The molecular weight excluding hydrogens is 356 g/mol. The molecule has 0 saturated carbocycles. The van der Waals surface area contributed by atoms with E-state index in [0.29, 0.717) is 17.5 Å². The third-order valence-corrected chi connectivity index (χ3v) is 5.12. The molecule has 0 radical (unpaired) electrons. The smallest absolute Gasteiger partial charge is 0.247 e. The van der Waals surface area contributed by atoms with E-state index in [0.717, 1.165) is 11.1 Å². The number of rotatable bonds is 7. The fraction of sp³-hybridized carbons (Fsp3) is 0.235. The van der Waals surface area contributed by atoms with Crippen LogP contribution in [0.4, 0.5) is 0 Å². The third kappa shape index (κ3) is 4.06. The van der Waals surface area contributed by atoms with Gasteiger partial charge in [0.15, 0.2) is 0 Å². The second kappa shape index (κ2) is 7.63. The Balaban J connectivity index is 1.66. The number of pyridine rings is 1. The summed E-state index contributed by atoms with van der Waals surface area (Å²) in [7, 11) is -2.28. The molecule has 26 heavy (non-hydrogen) atoms. The first-order valence-electron chi connectivity index (χ1n) is 7.86. The summed E-state index contributed by atoms with van der Waals surface area (Å²) in [6.45, 7) is 1.94. The highest BCUT2D eigenvalue weighted by molar-refractivity contribution is 7.89. The Morgan fingerprint density at radius 3 is 2.65 bits per heavy atom. The van der Waals surface area contributed by atoms with E-state index in [1.165, 1.54) is 7.11 Å². The van der Waals surface area contributed by atoms with Gasteiger partial charge in [-0.1, -0.05) is 6.07 Å². The number of aromatic nitrogens is 3. The zero-order valence-electron chi connectivity index (χ0n) is 14.3. The van der Waals surface area contributed by atoms with Crippen molar-refractivity contribution in [2.24, 2.45) is 0 Å². The second-order valence-corrected chi connectivity index (χ2v) is 7.27. The number of nitrogens with one attached hydrogen (secondary N) is 1. The van der Waals surface area contributed by atoms with Crippen LogP contribution in [0.1, 0.15) is 11.5 Å². The van der Waals surface area contributed by atoms with Crippen LogP contribution in [0.3, 0.4) is 0 Å². The molecule has 8 nitrogen and oxygen atoms in total. The Morgan fingerprint density at radius 1 is 1.15 bits per heavy atom. The van der Waals surface area contributed by atoms with E-state index in [4.69, 9.17) is 9.15 Å². The first-order valence-corrected chi connectivity index (χ1v) is 9.35. The number of benzene rings is 1. The average Bonchev–Trinajstić information content (AvgIpc) is 3.11. The van der Waals surface area contributed by atoms with E-state index < -0.39 is 10.0 Å². The van der Waals surface area contributed by atoms with Crippen molar-refractivity contribution in [1.82, 2.24) is 19.9 Å². The lowest BCUT2D eigenvalue weighted by atomic mass is 10.2. The van der Waals surface area contributed by atoms with Crippen molar-refractivity contribution in [2.75, 3.05) is 13.7 Å². The van der Waals surface area contributed by atoms with Gasteiger partial charge in [0, 0.05) is 30.9 Å². The van der Waals surface area contributed by atoms with Crippen LogP contribution in [-0.2, 0) is 16.4 Å². The number of sulfonamides is 1. The maximum absolute atomic E-state index is 12.5. The molecule has 9 heteroatoms. The molecule has 0 unspecified atom stereocenters. The molecular formula is C17H18N4O4S. The Hall–Kier alpha value is -2.78. The van der Waals surface area contributed by atoms with E-state index in [2.05, 4.69) is 19.9 Å². The number of methoxy groups -OCH3 is 1. The predicted octanol–water partition coefficient (Wildman–Crippen LogP) is 1.97. The Labute approximate surface area is 151 Å². The Morgan fingerprint density at radius 2 is 1.92 bits per heavy atom. The highest BCUT2D eigenvalue weighted by atomic mass is 32.2. The highest BCUT2D eigenvalue weighted by Gasteiger charge is 2.19. The van der Waals surface area contributed by atoms with Crippen LogP contribution in [0.25, 0.3) is 11.5 Å². The van der Waals surface area contributed by atoms with E-state index in [9.17, 15) is 8.42 Å². The van der Waals surface area contributed by atoms with Crippen LogP contribution >= 0.6 is 0 Å². The lowest BCUT2D eigenvalue weighted by Gasteiger charge is -2.11. The van der Waals surface area contributed by atoms with Gasteiger partial charge in [-0.25, -0.2) is 13.1 Å². The molecule has 136 valence electrons. The van der Waals surface area contributed by atoms with E-state index in [-0.39, 0.29) is 17.9 Å². The minimum atomic E-state index is -3.71. The summed E-state index contributed by atoms with van der Waals surface area (Å²) in [6, 6.07) is 8.49. The fourth-order valence-corrected chi connectivity index (χ4v) is 3.61. The van der Waals surface area contributed by atoms with Gasteiger partial charge in [0.1, 0.15) is 10.6 Å².